The van der Waals surface area contributed by atoms with E-state index in [9.17, 15) is 9.90 Å². The fraction of sp³-hybridized carbons (Fsp3) is 0.933. The Hall–Kier alpha value is -0.650. The summed E-state index contributed by atoms with van der Waals surface area (Å²) in [6.45, 7) is 5.31. The van der Waals surface area contributed by atoms with Gasteiger partial charge in [0, 0.05) is 31.8 Å². The second kappa shape index (κ2) is 6.41. The van der Waals surface area contributed by atoms with Crippen LogP contribution in [-0.2, 0) is 4.79 Å². The van der Waals surface area contributed by atoms with Crippen LogP contribution in [0.2, 0.25) is 0 Å². The summed E-state index contributed by atoms with van der Waals surface area (Å²) in [6.07, 6.45) is 4.29. The first-order chi connectivity index (χ1) is 9.45. The molecule has 3 unspecified atom stereocenters. The molecule has 2 rings (SSSR count). The summed E-state index contributed by atoms with van der Waals surface area (Å²) in [4.78, 5) is 11.0. The van der Waals surface area contributed by atoms with Gasteiger partial charge in [-0.05, 0) is 12.3 Å². The van der Waals surface area contributed by atoms with Crippen LogP contribution in [-0.4, -0.2) is 59.0 Å². The quantitative estimate of drug-likeness (QED) is 0.631. The number of aliphatic hydroxyl groups excluding tert-OH is 1. The Morgan fingerprint density at radius 1 is 1.30 bits per heavy atom. The van der Waals surface area contributed by atoms with Gasteiger partial charge in [0.25, 0.3) is 0 Å². The van der Waals surface area contributed by atoms with Crippen molar-refractivity contribution < 1.29 is 19.5 Å². The van der Waals surface area contributed by atoms with E-state index < -0.39 is 5.97 Å². The zero-order valence-corrected chi connectivity index (χ0v) is 12.5. The third kappa shape index (κ3) is 3.51. The minimum atomic E-state index is -0.716. The summed E-state index contributed by atoms with van der Waals surface area (Å²) >= 11 is 0. The van der Waals surface area contributed by atoms with E-state index in [4.69, 9.17) is 10.8 Å². The number of quaternary nitrogens is 1. The molecule has 20 heavy (non-hydrogen) atoms. The molecule has 5 nitrogen and oxygen atoms in total. The lowest BCUT2D eigenvalue weighted by Gasteiger charge is -2.55. The molecular weight excluding hydrogens is 256 g/mol. The standard InChI is InChI=1S/C15H28N2O3/c1-11-5-14(6-11)17(3-2-4-18)9-12(8-15(19)20)7-13(16)10-17/h11-14,18H,2-10,16H2,1H3/p+1. The lowest BCUT2D eigenvalue weighted by molar-refractivity contribution is -0.965. The zero-order chi connectivity index (χ0) is 14.8. The van der Waals surface area contributed by atoms with Crippen LogP contribution < -0.4 is 5.73 Å². The number of aliphatic hydroxyl groups is 1. The third-order valence-electron chi connectivity index (χ3n) is 5.20. The van der Waals surface area contributed by atoms with Crippen LogP contribution in [0.5, 0.6) is 0 Å². The molecule has 1 heterocycles. The van der Waals surface area contributed by atoms with Gasteiger partial charge in [0.05, 0.1) is 38.1 Å². The average molecular weight is 285 g/mol. The minimum Gasteiger partial charge on any atom is -0.481 e. The van der Waals surface area contributed by atoms with Gasteiger partial charge in [0.1, 0.15) is 0 Å². The van der Waals surface area contributed by atoms with E-state index in [0.29, 0.717) is 6.04 Å². The van der Waals surface area contributed by atoms with Crippen molar-refractivity contribution in [3.8, 4) is 0 Å². The van der Waals surface area contributed by atoms with Crippen molar-refractivity contribution in [1.29, 1.82) is 0 Å². The van der Waals surface area contributed by atoms with Gasteiger partial charge >= 0.3 is 5.97 Å². The monoisotopic (exact) mass is 285 g/mol. The predicted molar refractivity (Wildman–Crippen MR) is 77.1 cm³/mol. The smallest absolute Gasteiger partial charge is 0.303 e. The number of carbonyl (C=O) groups is 1. The SMILES string of the molecule is CC1CC([N+]2(CCCO)CC(N)CC(CC(=O)O)C2)C1. The molecule has 1 saturated heterocycles. The second-order valence-corrected chi connectivity index (χ2v) is 7.07. The molecule has 3 atom stereocenters. The first-order valence-electron chi connectivity index (χ1n) is 7.89. The Kier molecular flexibility index (Phi) is 5.04. The number of carboxylic acids is 1. The molecule has 0 amide bonds. The highest BCUT2D eigenvalue weighted by molar-refractivity contribution is 5.67. The lowest BCUT2D eigenvalue weighted by atomic mass is 9.76. The van der Waals surface area contributed by atoms with E-state index in [1.54, 1.807) is 0 Å². The molecule has 2 aliphatic rings. The average Bonchev–Trinajstić information content (AvgIpc) is 2.31. The van der Waals surface area contributed by atoms with E-state index >= 15 is 0 Å². The summed E-state index contributed by atoms with van der Waals surface area (Å²) in [5.41, 5.74) is 6.23. The summed E-state index contributed by atoms with van der Waals surface area (Å²) in [5.74, 6) is 0.248. The van der Waals surface area contributed by atoms with Gasteiger partial charge in [-0.2, -0.15) is 0 Å². The topological polar surface area (TPSA) is 83.5 Å². The van der Waals surface area contributed by atoms with Crippen molar-refractivity contribution in [3.63, 3.8) is 0 Å². The maximum absolute atomic E-state index is 11.0. The van der Waals surface area contributed by atoms with Crippen LogP contribution in [0.3, 0.4) is 0 Å². The highest BCUT2D eigenvalue weighted by Crippen LogP contribution is 2.40. The Morgan fingerprint density at radius 3 is 2.55 bits per heavy atom. The first kappa shape index (κ1) is 15.7. The molecule has 5 heteroatoms. The number of nitrogens with zero attached hydrogens (tertiary/aromatic N) is 1. The first-order valence-corrected chi connectivity index (χ1v) is 7.89. The van der Waals surface area contributed by atoms with Crippen molar-refractivity contribution in [2.75, 3.05) is 26.2 Å². The van der Waals surface area contributed by atoms with Gasteiger partial charge in [-0.25, -0.2) is 0 Å². The Bertz CT molecular complexity index is 344. The lowest BCUT2D eigenvalue weighted by Crippen LogP contribution is -2.68. The van der Waals surface area contributed by atoms with Crippen LogP contribution in [0.1, 0.15) is 39.0 Å². The van der Waals surface area contributed by atoms with E-state index in [1.807, 2.05) is 0 Å². The van der Waals surface area contributed by atoms with Gasteiger partial charge in [-0.1, -0.05) is 6.92 Å². The number of rotatable bonds is 6. The maximum atomic E-state index is 11.0. The highest BCUT2D eigenvalue weighted by Gasteiger charge is 2.48. The zero-order valence-electron chi connectivity index (χ0n) is 12.5. The molecule has 1 aliphatic carbocycles. The van der Waals surface area contributed by atoms with Crippen molar-refractivity contribution in [2.24, 2.45) is 17.6 Å². The number of hydrogen-bond donors (Lipinski definition) is 3. The molecule has 0 aromatic heterocycles. The number of piperidine rings is 1. The highest BCUT2D eigenvalue weighted by atomic mass is 16.4. The van der Waals surface area contributed by atoms with Crippen LogP contribution in [0.4, 0.5) is 0 Å². The normalized spacial score (nSPS) is 41.1. The Labute approximate surface area is 121 Å². The van der Waals surface area contributed by atoms with Gasteiger partial charge in [0.2, 0.25) is 0 Å². The van der Waals surface area contributed by atoms with E-state index in [2.05, 4.69) is 6.92 Å². The fourth-order valence-corrected chi connectivity index (χ4v) is 4.38. The Morgan fingerprint density at radius 2 is 2.00 bits per heavy atom. The van der Waals surface area contributed by atoms with Gasteiger partial charge in [-0.15, -0.1) is 0 Å². The van der Waals surface area contributed by atoms with Crippen molar-refractivity contribution in [3.05, 3.63) is 0 Å². The number of likely N-dealkylation sites (tertiary alicyclic amines) is 1. The van der Waals surface area contributed by atoms with Crippen molar-refractivity contribution in [2.45, 2.75) is 51.1 Å². The maximum Gasteiger partial charge on any atom is 0.303 e. The third-order valence-corrected chi connectivity index (χ3v) is 5.20. The van der Waals surface area contributed by atoms with Crippen molar-refractivity contribution >= 4 is 5.97 Å². The largest absolute Gasteiger partial charge is 0.481 e. The molecular formula is C15H29N2O3+. The molecule has 0 aromatic rings. The van der Waals surface area contributed by atoms with E-state index in [-0.39, 0.29) is 25.0 Å². The summed E-state index contributed by atoms with van der Waals surface area (Å²) in [7, 11) is 0. The predicted octanol–water partition coefficient (Wildman–Crippen LogP) is 0.806. The number of carboxylic acid groups (broad SMARTS) is 1. The Balaban J connectivity index is 2.09. The number of nitrogens with two attached hydrogens (primary N) is 1. The summed E-state index contributed by atoms with van der Waals surface area (Å²) < 4.78 is 0.948. The summed E-state index contributed by atoms with van der Waals surface area (Å²) in [6, 6.07) is 0.724. The van der Waals surface area contributed by atoms with Crippen LogP contribution >= 0.6 is 0 Å². The molecule has 0 bridgehead atoms. The van der Waals surface area contributed by atoms with Crippen molar-refractivity contribution in [1.82, 2.24) is 0 Å². The second-order valence-electron chi connectivity index (χ2n) is 7.07. The molecule has 116 valence electrons. The fourth-order valence-electron chi connectivity index (χ4n) is 4.38. The van der Waals surface area contributed by atoms with Crippen LogP contribution in [0.15, 0.2) is 0 Å². The molecule has 1 aliphatic heterocycles. The molecule has 1 saturated carbocycles. The summed E-state index contributed by atoms with van der Waals surface area (Å²) in [5, 5.41) is 18.2. The molecule has 0 aromatic carbocycles. The van der Waals surface area contributed by atoms with Crippen LogP contribution in [0, 0.1) is 11.8 Å². The van der Waals surface area contributed by atoms with E-state index in [1.165, 1.54) is 12.8 Å². The molecule has 4 N–H and O–H groups in total. The van der Waals surface area contributed by atoms with Gasteiger partial charge in [-0.3, -0.25) is 4.79 Å². The van der Waals surface area contributed by atoms with Gasteiger partial charge in [0.15, 0.2) is 0 Å². The molecule has 0 spiro atoms. The molecule has 0 radical (unpaired) electrons. The van der Waals surface area contributed by atoms with Crippen LogP contribution in [0.25, 0.3) is 0 Å². The number of hydrogen-bond acceptors (Lipinski definition) is 3. The number of aliphatic carboxylic acids is 1. The van der Waals surface area contributed by atoms with Gasteiger partial charge < -0.3 is 20.4 Å². The minimum absolute atomic E-state index is 0.0997. The van der Waals surface area contributed by atoms with E-state index in [0.717, 1.165) is 42.9 Å². The molecule has 2 fully saturated rings.